The molecule has 0 aromatic rings. The molecule has 0 spiro atoms. The fraction of sp³-hybridized carbons (Fsp3) is 1.00. The lowest BCUT2D eigenvalue weighted by Crippen LogP contribution is -2.48. The maximum Gasteiger partial charge on any atom is 0.405 e. The average Bonchev–Trinajstić information content (AvgIpc) is 2.97. The Bertz CT molecular complexity index is 256. The summed E-state index contributed by atoms with van der Waals surface area (Å²) in [5, 5.41) is 0. The molecule has 0 radical (unpaired) electrons. The van der Waals surface area contributed by atoms with E-state index in [1.165, 1.54) is 0 Å². The molecule has 2 nitrogen and oxygen atoms in total. The van der Waals surface area contributed by atoms with Gasteiger partial charge in [0.05, 0.1) is 15.7 Å². The third kappa shape index (κ3) is 5.86. The highest BCUT2D eigenvalue weighted by molar-refractivity contribution is 7.84. The van der Waals surface area contributed by atoms with Crippen LogP contribution >= 0.6 is 0 Å². The van der Waals surface area contributed by atoms with Crippen molar-refractivity contribution in [1.82, 2.24) is 4.72 Å². The van der Waals surface area contributed by atoms with Gasteiger partial charge in [-0.25, -0.2) is 8.93 Å². The van der Waals surface area contributed by atoms with E-state index >= 15 is 0 Å². The molecule has 0 amide bonds. The first-order chi connectivity index (χ1) is 7.62. The number of rotatable bonds is 3. The zero-order valence-electron chi connectivity index (χ0n) is 11.0. The van der Waals surface area contributed by atoms with E-state index in [1.54, 1.807) is 20.8 Å². The summed E-state index contributed by atoms with van der Waals surface area (Å²) in [6.07, 6.45) is -3.17. The highest BCUT2D eigenvalue weighted by Crippen LogP contribution is 2.40. The smallest absolute Gasteiger partial charge is 0.242 e. The van der Waals surface area contributed by atoms with Gasteiger partial charge in [-0.3, -0.25) is 0 Å². The average molecular weight is 273 g/mol. The zero-order chi connectivity index (χ0) is 13.9. The van der Waals surface area contributed by atoms with Crippen LogP contribution in [0.1, 0.15) is 47.5 Å². The van der Waals surface area contributed by atoms with E-state index in [9.17, 15) is 17.4 Å². The summed E-state index contributed by atoms with van der Waals surface area (Å²) >= 11 is 0. The lowest BCUT2D eigenvalue weighted by Gasteiger charge is -2.25. The Morgan fingerprint density at radius 2 is 1.59 bits per heavy atom. The Labute approximate surface area is 104 Å². The van der Waals surface area contributed by atoms with Crippen LogP contribution in [0, 0.1) is 5.92 Å². The van der Waals surface area contributed by atoms with Gasteiger partial charge in [-0.15, -0.1) is 0 Å². The highest BCUT2D eigenvalue weighted by Gasteiger charge is 2.50. The van der Waals surface area contributed by atoms with Crippen LogP contribution in [-0.4, -0.2) is 21.2 Å². The topological polar surface area (TPSA) is 29.1 Å². The minimum atomic E-state index is -4.30. The minimum Gasteiger partial charge on any atom is -0.242 e. The molecule has 0 heterocycles. The highest BCUT2D eigenvalue weighted by atomic mass is 32.2. The molecule has 0 aromatic heterocycles. The molecule has 1 aliphatic carbocycles. The van der Waals surface area contributed by atoms with Gasteiger partial charge in [-0.2, -0.15) is 13.2 Å². The molecule has 2 atom stereocenters. The largest absolute Gasteiger partial charge is 0.405 e. The van der Waals surface area contributed by atoms with Crippen LogP contribution in [-0.2, 0) is 11.0 Å². The molecular formula is C11H22F3NOS. The van der Waals surface area contributed by atoms with Gasteiger partial charge in [0.2, 0.25) is 0 Å². The van der Waals surface area contributed by atoms with Crippen molar-refractivity contribution in [2.45, 2.75) is 64.4 Å². The van der Waals surface area contributed by atoms with Crippen molar-refractivity contribution in [3.8, 4) is 0 Å². The normalized spacial score (nSPS) is 20.2. The van der Waals surface area contributed by atoms with Gasteiger partial charge in [-0.1, -0.05) is 13.8 Å². The number of alkyl halides is 3. The molecule has 0 aliphatic heterocycles. The summed E-state index contributed by atoms with van der Waals surface area (Å²) in [5.41, 5.74) is 0. The number of hydrogen-bond acceptors (Lipinski definition) is 1. The molecule has 0 saturated heterocycles. The predicted octanol–water partition coefficient (Wildman–Crippen LogP) is 3.41. The van der Waals surface area contributed by atoms with E-state index in [2.05, 4.69) is 4.72 Å². The zero-order valence-corrected chi connectivity index (χ0v) is 11.8. The van der Waals surface area contributed by atoms with Crippen LogP contribution in [0.3, 0.4) is 0 Å². The van der Waals surface area contributed by atoms with E-state index in [-0.39, 0.29) is 0 Å². The molecule has 1 rings (SSSR count). The second kappa shape index (κ2) is 6.18. The Kier molecular flexibility index (Phi) is 6.14. The summed E-state index contributed by atoms with van der Waals surface area (Å²) in [4.78, 5) is 0. The Hall–Kier alpha value is -0.100. The summed E-state index contributed by atoms with van der Waals surface area (Å²) in [6, 6.07) is -1.61. The van der Waals surface area contributed by atoms with Crippen molar-refractivity contribution in [3.63, 3.8) is 0 Å². The van der Waals surface area contributed by atoms with Gasteiger partial charge in [0.15, 0.2) is 0 Å². The van der Waals surface area contributed by atoms with E-state index in [4.69, 9.17) is 0 Å². The second-order valence-electron chi connectivity index (χ2n) is 4.86. The van der Waals surface area contributed by atoms with Crippen LogP contribution in [0.5, 0.6) is 0 Å². The van der Waals surface area contributed by atoms with Gasteiger partial charge >= 0.3 is 6.18 Å². The van der Waals surface area contributed by atoms with Crippen LogP contribution in [0.4, 0.5) is 13.2 Å². The molecule has 6 heteroatoms. The maximum absolute atomic E-state index is 12.6. The Morgan fingerprint density at radius 3 is 1.82 bits per heavy atom. The first-order valence-corrected chi connectivity index (χ1v) is 7.02. The fourth-order valence-electron chi connectivity index (χ4n) is 1.15. The summed E-state index contributed by atoms with van der Waals surface area (Å²) in [6.45, 7) is 8.95. The molecule has 2 unspecified atom stereocenters. The lowest BCUT2D eigenvalue weighted by atomic mass is 10.2. The molecule has 0 aromatic carbocycles. The van der Waals surface area contributed by atoms with Crippen LogP contribution in [0.2, 0.25) is 0 Å². The molecule has 1 fully saturated rings. The number of nitrogens with one attached hydrogen (secondary N) is 1. The standard InChI is InChI=1S/C9H16F3NOS.C2H6/c1-8(2,3)15(14)13-7(6-4-5-6)9(10,11)12;1-2/h6-7,13H,4-5H2,1-3H3;1-2H3. The van der Waals surface area contributed by atoms with E-state index in [0.29, 0.717) is 12.8 Å². The van der Waals surface area contributed by atoms with Crippen LogP contribution in [0.25, 0.3) is 0 Å². The van der Waals surface area contributed by atoms with E-state index < -0.39 is 33.9 Å². The fourth-order valence-corrected chi connectivity index (χ4v) is 2.06. The first-order valence-electron chi connectivity index (χ1n) is 5.87. The SMILES string of the molecule is CC.CC(C)(C)S(=O)NC(C1CC1)C(F)(F)F. The van der Waals surface area contributed by atoms with Crippen molar-refractivity contribution in [2.24, 2.45) is 5.92 Å². The Morgan fingerprint density at radius 1 is 1.18 bits per heavy atom. The quantitative estimate of drug-likeness (QED) is 0.839. The summed E-state index contributed by atoms with van der Waals surface area (Å²) in [5.74, 6) is -0.392. The van der Waals surface area contributed by atoms with E-state index in [1.807, 2.05) is 13.8 Å². The third-order valence-electron chi connectivity index (χ3n) is 2.24. The molecule has 1 aliphatic rings. The minimum absolute atomic E-state index is 0.392. The lowest BCUT2D eigenvalue weighted by molar-refractivity contribution is -0.155. The first kappa shape index (κ1) is 16.9. The molecule has 104 valence electrons. The van der Waals surface area contributed by atoms with Crippen molar-refractivity contribution in [1.29, 1.82) is 0 Å². The maximum atomic E-state index is 12.6. The van der Waals surface area contributed by atoms with Gasteiger partial charge in [0, 0.05) is 0 Å². The van der Waals surface area contributed by atoms with Crippen molar-refractivity contribution >= 4 is 11.0 Å². The number of hydrogen-bond donors (Lipinski definition) is 1. The van der Waals surface area contributed by atoms with Gasteiger partial charge < -0.3 is 0 Å². The van der Waals surface area contributed by atoms with Crippen molar-refractivity contribution in [2.75, 3.05) is 0 Å². The summed E-state index contributed by atoms with van der Waals surface area (Å²) in [7, 11) is -1.66. The molecular weight excluding hydrogens is 251 g/mol. The van der Waals surface area contributed by atoms with Crippen molar-refractivity contribution < 1.29 is 17.4 Å². The predicted molar refractivity (Wildman–Crippen MR) is 64.9 cm³/mol. The van der Waals surface area contributed by atoms with Crippen molar-refractivity contribution in [3.05, 3.63) is 0 Å². The third-order valence-corrected chi connectivity index (χ3v) is 3.82. The van der Waals surface area contributed by atoms with Crippen LogP contribution < -0.4 is 4.72 Å². The molecule has 0 bridgehead atoms. The molecule has 1 N–H and O–H groups in total. The molecule has 17 heavy (non-hydrogen) atoms. The van der Waals surface area contributed by atoms with E-state index in [0.717, 1.165) is 0 Å². The van der Waals surface area contributed by atoms with Crippen LogP contribution in [0.15, 0.2) is 0 Å². The van der Waals surface area contributed by atoms with Gasteiger partial charge in [0.25, 0.3) is 0 Å². The molecule has 1 saturated carbocycles. The Balaban J connectivity index is 0.00000121. The van der Waals surface area contributed by atoms with Gasteiger partial charge in [0.1, 0.15) is 6.04 Å². The number of halogens is 3. The second-order valence-corrected chi connectivity index (χ2v) is 6.85. The summed E-state index contributed by atoms with van der Waals surface area (Å²) < 4.78 is 50.8. The van der Waals surface area contributed by atoms with Gasteiger partial charge in [-0.05, 0) is 39.5 Å². The monoisotopic (exact) mass is 273 g/mol.